The van der Waals surface area contributed by atoms with Crippen molar-refractivity contribution in [3.8, 4) is 0 Å². The minimum absolute atomic E-state index is 0.0330. The highest BCUT2D eigenvalue weighted by Crippen LogP contribution is 2.19. The first kappa shape index (κ1) is 14.3. The second-order valence-electron chi connectivity index (χ2n) is 5.40. The summed E-state index contributed by atoms with van der Waals surface area (Å²) in [5, 5.41) is 3.00. The molecule has 0 unspecified atom stereocenters. The Hall–Kier alpha value is -2.09. The van der Waals surface area contributed by atoms with Gasteiger partial charge in [0.15, 0.2) is 0 Å². The van der Waals surface area contributed by atoms with Crippen LogP contribution >= 0.6 is 0 Å². The Labute approximate surface area is 120 Å². The highest BCUT2D eigenvalue weighted by Gasteiger charge is 2.08. The van der Waals surface area contributed by atoms with E-state index in [-0.39, 0.29) is 5.91 Å². The van der Waals surface area contributed by atoms with Crippen LogP contribution < -0.4 is 5.32 Å². The molecule has 2 rings (SSSR count). The number of hydrogen-bond donors (Lipinski definition) is 1. The first-order valence-corrected chi connectivity index (χ1v) is 6.89. The number of amides is 1. The fraction of sp³-hybridized carbons (Fsp3) is 0.278. The summed E-state index contributed by atoms with van der Waals surface area (Å²) >= 11 is 0. The first-order chi connectivity index (χ1) is 9.47. The molecule has 0 heterocycles. The van der Waals surface area contributed by atoms with E-state index in [2.05, 4.69) is 31.3 Å². The Kier molecular flexibility index (Phi) is 4.23. The van der Waals surface area contributed by atoms with Crippen LogP contribution in [0.2, 0.25) is 0 Å². The Morgan fingerprint density at radius 1 is 1.00 bits per heavy atom. The zero-order valence-corrected chi connectivity index (χ0v) is 12.6. The van der Waals surface area contributed by atoms with E-state index < -0.39 is 0 Å². The van der Waals surface area contributed by atoms with Gasteiger partial charge < -0.3 is 5.32 Å². The van der Waals surface area contributed by atoms with Crippen LogP contribution in [0.25, 0.3) is 0 Å². The number of benzene rings is 2. The zero-order chi connectivity index (χ0) is 14.7. The van der Waals surface area contributed by atoms with E-state index in [9.17, 15) is 4.79 Å². The van der Waals surface area contributed by atoms with Gasteiger partial charge in [0.05, 0.1) is 6.42 Å². The Morgan fingerprint density at radius 2 is 1.75 bits per heavy atom. The van der Waals surface area contributed by atoms with Crippen molar-refractivity contribution in [2.45, 2.75) is 34.1 Å². The molecule has 0 aliphatic heterocycles. The molecule has 1 N–H and O–H groups in total. The van der Waals surface area contributed by atoms with Crippen LogP contribution in [0.4, 0.5) is 5.69 Å². The summed E-state index contributed by atoms with van der Waals surface area (Å²) in [5.74, 6) is 0.0330. The Balaban J connectivity index is 2.11. The van der Waals surface area contributed by atoms with Crippen LogP contribution in [0.1, 0.15) is 27.8 Å². The molecule has 20 heavy (non-hydrogen) atoms. The Morgan fingerprint density at radius 3 is 2.45 bits per heavy atom. The van der Waals surface area contributed by atoms with Gasteiger partial charge in [-0.15, -0.1) is 0 Å². The quantitative estimate of drug-likeness (QED) is 0.891. The molecule has 0 saturated heterocycles. The van der Waals surface area contributed by atoms with Crippen molar-refractivity contribution in [2.75, 3.05) is 5.32 Å². The van der Waals surface area contributed by atoms with Crippen LogP contribution in [0.5, 0.6) is 0 Å². The van der Waals surface area contributed by atoms with Gasteiger partial charge in [-0.2, -0.15) is 0 Å². The van der Waals surface area contributed by atoms with Gasteiger partial charge in [0.2, 0.25) is 5.91 Å². The van der Waals surface area contributed by atoms with Gasteiger partial charge in [-0.05, 0) is 56.0 Å². The molecule has 0 aliphatic carbocycles. The minimum Gasteiger partial charge on any atom is -0.326 e. The van der Waals surface area contributed by atoms with Gasteiger partial charge in [0.25, 0.3) is 0 Å². The third-order valence-electron chi connectivity index (χ3n) is 3.73. The largest absolute Gasteiger partial charge is 0.326 e. The van der Waals surface area contributed by atoms with Crippen LogP contribution in [0.3, 0.4) is 0 Å². The maximum atomic E-state index is 12.2. The molecule has 0 radical (unpaired) electrons. The minimum atomic E-state index is 0.0330. The number of hydrogen-bond acceptors (Lipinski definition) is 1. The fourth-order valence-corrected chi connectivity index (χ4v) is 2.30. The average molecular weight is 267 g/mol. The van der Waals surface area contributed by atoms with E-state index in [4.69, 9.17) is 0 Å². The second kappa shape index (κ2) is 5.91. The van der Waals surface area contributed by atoms with Gasteiger partial charge in [0.1, 0.15) is 0 Å². The van der Waals surface area contributed by atoms with E-state index in [1.165, 1.54) is 16.7 Å². The SMILES string of the molecule is Cc1ccc(CC(=O)Nc2cccc(C)c2C)c(C)c1. The Bertz CT molecular complexity index is 644. The number of carbonyl (C=O) groups excluding carboxylic acids is 1. The lowest BCUT2D eigenvalue weighted by Crippen LogP contribution is -2.16. The van der Waals surface area contributed by atoms with Crippen molar-refractivity contribution in [3.63, 3.8) is 0 Å². The van der Waals surface area contributed by atoms with Gasteiger partial charge in [-0.3, -0.25) is 4.79 Å². The van der Waals surface area contributed by atoms with Crippen LogP contribution in [0, 0.1) is 27.7 Å². The van der Waals surface area contributed by atoms with E-state index in [0.29, 0.717) is 6.42 Å². The first-order valence-electron chi connectivity index (χ1n) is 6.89. The number of anilines is 1. The van der Waals surface area contributed by atoms with Gasteiger partial charge >= 0.3 is 0 Å². The molecule has 0 aromatic heterocycles. The molecule has 0 saturated carbocycles. The van der Waals surface area contributed by atoms with E-state index in [1.54, 1.807) is 0 Å². The molecule has 1 amide bonds. The molecule has 2 aromatic carbocycles. The summed E-state index contributed by atoms with van der Waals surface area (Å²) in [5.41, 5.74) is 6.69. The van der Waals surface area contributed by atoms with Crippen LogP contribution in [-0.4, -0.2) is 5.91 Å². The van der Waals surface area contributed by atoms with E-state index >= 15 is 0 Å². The second-order valence-corrected chi connectivity index (χ2v) is 5.40. The maximum absolute atomic E-state index is 12.2. The summed E-state index contributed by atoms with van der Waals surface area (Å²) in [7, 11) is 0. The summed E-state index contributed by atoms with van der Waals surface area (Å²) in [6.45, 7) is 8.19. The topological polar surface area (TPSA) is 29.1 Å². The lowest BCUT2D eigenvalue weighted by Gasteiger charge is -2.11. The van der Waals surface area contributed by atoms with Gasteiger partial charge in [0, 0.05) is 5.69 Å². The maximum Gasteiger partial charge on any atom is 0.228 e. The van der Waals surface area contributed by atoms with Gasteiger partial charge in [-0.25, -0.2) is 0 Å². The van der Waals surface area contributed by atoms with Crippen molar-refractivity contribution in [3.05, 3.63) is 64.2 Å². The van der Waals surface area contributed by atoms with Crippen molar-refractivity contribution in [1.82, 2.24) is 0 Å². The average Bonchev–Trinajstić information content (AvgIpc) is 2.38. The molecule has 104 valence electrons. The summed E-state index contributed by atoms with van der Waals surface area (Å²) in [4.78, 5) is 12.2. The molecule has 2 heteroatoms. The third-order valence-corrected chi connectivity index (χ3v) is 3.73. The summed E-state index contributed by atoms with van der Waals surface area (Å²) in [6.07, 6.45) is 0.416. The molecule has 0 spiro atoms. The lowest BCUT2D eigenvalue weighted by atomic mass is 10.0. The monoisotopic (exact) mass is 267 g/mol. The normalized spacial score (nSPS) is 10.4. The van der Waals surface area contributed by atoms with Crippen molar-refractivity contribution in [1.29, 1.82) is 0 Å². The molecule has 0 atom stereocenters. The number of carbonyl (C=O) groups is 1. The van der Waals surface area contributed by atoms with Crippen molar-refractivity contribution in [2.24, 2.45) is 0 Å². The third kappa shape index (κ3) is 3.27. The highest BCUT2D eigenvalue weighted by atomic mass is 16.1. The van der Waals surface area contributed by atoms with Crippen LogP contribution in [-0.2, 0) is 11.2 Å². The fourth-order valence-electron chi connectivity index (χ4n) is 2.30. The number of nitrogens with one attached hydrogen (secondary N) is 1. The van der Waals surface area contributed by atoms with E-state index in [0.717, 1.165) is 16.8 Å². The summed E-state index contributed by atoms with van der Waals surface area (Å²) in [6, 6.07) is 12.2. The van der Waals surface area contributed by atoms with E-state index in [1.807, 2.05) is 38.1 Å². The predicted octanol–water partition coefficient (Wildman–Crippen LogP) is 4.10. The predicted molar refractivity (Wildman–Crippen MR) is 84.2 cm³/mol. The number of aryl methyl sites for hydroxylation is 3. The smallest absolute Gasteiger partial charge is 0.228 e. The number of rotatable bonds is 3. The molecule has 2 aromatic rings. The highest BCUT2D eigenvalue weighted by molar-refractivity contribution is 5.93. The molecular weight excluding hydrogens is 246 g/mol. The molecule has 2 nitrogen and oxygen atoms in total. The standard InChI is InChI=1S/C18H21NO/c1-12-8-9-16(14(3)10-12)11-18(20)19-17-7-5-6-13(2)15(17)4/h5-10H,11H2,1-4H3,(H,19,20). The lowest BCUT2D eigenvalue weighted by molar-refractivity contribution is -0.115. The molecule has 0 fully saturated rings. The summed E-state index contributed by atoms with van der Waals surface area (Å²) < 4.78 is 0. The molecular formula is C18H21NO. The van der Waals surface area contributed by atoms with Crippen molar-refractivity contribution >= 4 is 11.6 Å². The van der Waals surface area contributed by atoms with Gasteiger partial charge in [-0.1, -0.05) is 35.9 Å². The van der Waals surface area contributed by atoms with Crippen LogP contribution in [0.15, 0.2) is 36.4 Å². The van der Waals surface area contributed by atoms with Crippen molar-refractivity contribution < 1.29 is 4.79 Å². The molecule has 0 bridgehead atoms. The zero-order valence-electron chi connectivity index (χ0n) is 12.6. The molecule has 0 aliphatic rings.